The lowest BCUT2D eigenvalue weighted by atomic mass is 10.1. The molecule has 1 aliphatic heterocycles. The molecule has 0 saturated carbocycles. The number of hydrogen-bond acceptors (Lipinski definition) is 4. The summed E-state index contributed by atoms with van der Waals surface area (Å²) in [6.07, 6.45) is 2.00. The molecular formula is C27H25N3O2S. The van der Waals surface area contributed by atoms with Crippen molar-refractivity contribution in [1.29, 1.82) is 0 Å². The highest BCUT2D eigenvalue weighted by Crippen LogP contribution is 2.33. The number of fused-ring (bicyclic) bond motifs is 1. The molecule has 6 heteroatoms. The molecule has 1 aromatic heterocycles. The fourth-order valence-electron chi connectivity index (χ4n) is 3.99. The predicted molar refractivity (Wildman–Crippen MR) is 133 cm³/mol. The van der Waals surface area contributed by atoms with Gasteiger partial charge in [-0.3, -0.25) is 4.79 Å². The molecular weight excluding hydrogens is 430 g/mol. The highest BCUT2D eigenvalue weighted by Gasteiger charge is 2.18. The van der Waals surface area contributed by atoms with E-state index in [2.05, 4.69) is 58.6 Å². The minimum Gasteiger partial charge on any atom is -0.482 e. The zero-order chi connectivity index (χ0) is 22.6. The molecule has 0 fully saturated rings. The number of benzene rings is 3. The van der Waals surface area contributed by atoms with Gasteiger partial charge in [-0.25, -0.2) is 4.99 Å². The number of amides is 1. The number of aromatic nitrogens is 1. The van der Waals surface area contributed by atoms with E-state index >= 15 is 0 Å². The third kappa shape index (κ3) is 4.76. The number of hydrogen-bond donors (Lipinski definition) is 1. The maximum atomic E-state index is 11.8. The Morgan fingerprint density at radius 1 is 1.06 bits per heavy atom. The number of anilines is 1. The molecule has 0 unspecified atom stereocenters. The van der Waals surface area contributed by atoms with Gasteiger partial charge in [0.25, 0.3) is 5.91 Å². The van der Waals surface area contributed by atoms with Crippen LogP contribution in [0.5, 0.6) is 5.75 Å². The predicted octanol–water partition coefficient (Wildman–Crippen LogP) is 5.72. The molecule has 4 aromatic rings. The molecule has 166 valence electrons. The zero-order valence-electron chi connectivity index (χ0n) is 18.5. The Morgan fingerprint density at radius 2 is 1.88 bits per heavy atom. The molecule has 0 spiro atoms. The Morgan fingerprint density at radius 3 is 2.73 bits per heavy atom. The summed E-state index contributed by atoms with van der Waals surface area (Å²) in [6.45, 7) is 2.99. The van der Waals surface area contributed by atoms with E-state index in [1.165, 1.54) is 5.56 Å². The highest BCUT2D eigenvalue weighted by atomic mass is 32.1. The van der Waals surface area contributed by atoms with Crippen LogP contribution in [0.3, 0.4) is 0 Å². The summed E-state index contributed by atoms with van der Waals surface area (Å²) in [5.74, 6) is 0.574. The van der Waals surface area contributed by atoms with E-state index in [0.29, 0.717) is 11.4 Å². The molecule has 0 saturated heterocycles. The highest BCUT2D eigenvalue weighted by molar-refractivity contribution is 7.07. The van der Waals surface area contributed by atoms with E-state index in [9.17, 15) is 4.79 Å². The van der Waals surface area contributed by atoms with Crippen molar-refractivity contribution in [2.75, 3.05) is 11.9 Å². The minimum absolute atomic E-state index is 0.0593. The van der Waals surface area contributed by atoms with Gasteiger partial charge in [-0.05, 0) is 55.2 Å². The normalized spacial score (nSPS) is 13.4. The molecule has 0 radical (unpaired) electrons. The lowest BCUT2D eigenvalue weighted by molar-refractivity contribution is -0.118. The van der Waals surface area contributed by atoms with Crippen molar-refractivity contribution >= 4 is 28.6 Å². The van der Waals surface area contributed by atoms with Crippen LogP contribution in [0.25, 0.3) is 11.3 Å². The lowest BCUT2D eigenvalue weighted by Crippen LogP contribution is -2.25. The number of para-hydroxylation sites is 1. The first-order valence-corrected chi connectivity index (χ1v) is 11.9. The second-order valence-electron chi connectivity index (χ2n) is 8.09. The molecule has 1 aliphatic rings. The number of nitrogens with zero attached hydrogens (tertiary/aromatic N) is 2. The fraction of sp³-hybridized carbons (Fsp3) is 0.185. The van der Waals surface area contributed by atoms with Crippen LogP contribution in [0.15, 0.2) is 83.2 Å². The van der Waals surface area contributed by atoms with Gasteiger partial charge < -0.3 is 14.6 Å². The van der Waals surface area contributed by atoms with E-state index in [1.807, 2.05) is 36.4 Å². The summed E-state index contributed by atoms with van der Waals surface area (Å²) in [5.41, 5.74) is 6.29. The molecule has 5 rings (SSSR count). The topological polar surface area (TPSA) is 55.6 Å². The van der Waals surface area contributed by atoms with Gasteiger partial charge in [0.05, 0.1) is 17.1 Å². The van der Waals surface area contributed by atoms with Gasteiger partial charge >= 0.3 is 0 Å². The van der Waals surface area contributed by atoms with Crippen molar-refractivity contribution in [2.45, 2.75) is 26.3 Å². The van der Waals surface area contributed by atoms with Gasteiger partial charge in [0.2, 0.25) is 0 Å². The Kier molecular flexibility index (Phi) is 6.09. The number of rotatable bonds is 6. The van der Waals surface area contributed by atoms with Crippen molar-refractivity contribution in [1.82, 2.24) is 4.57 Å². The summed E-state index contributed by atoms with van der Waals surface area (Å²) in [4.78, 5) is 17.8. The Labute approximate surface area is 197 Å². The van der Waals surface area contributed by atoms with Gasteiger partial charge in [0, 0.05) is 17.5 Å². The average molecular weight is 456 g/mol. The Hall–Kier alpha value is -3.64. The van der Waals surface area contributed by atoms with Crippen LogP contribution in [0.1, 0.15) is 17.5 Å². The van der Waals surface area contributed by atoms with Crippen LogP contribution in [-0.4, -0.2) is 17.1 Å². The molecule has 2 heterocycles. The molecule has 5 nitrogen and oxygen atoms in total. The van der Waals surface area contributed by atoms with Crippen molar-refractivity contribution in [3.05, 3.63) is 94.1 Å². The summed E-state index contributed by atoms with van der Waals surface area (Å²) < 4.78 is 7.82. The van der Waals surface area contributed by atoms with E-state index in [1.54, 1.807) is 11.3 Å². The van der Waals surface area contributed by atoms with Crippen LogP contribution in [-0.2, 0) is 17.8 Å². The van der Waals surface area contributed by atoms with E-state index in [0.717, 1.165) is 46.7 Å². The van der Waals surface area contributed by atoms with Crippen LogP contribution < -0.4 is 14.9 Å². The third-order valence-corrected chi connectivity index (χ3v) is 6.59. The van der Waals surface area contributed by atoms with Crippen LogP contribution >= 0.6 is 11.3 Å². The van der Waals surface area contributed by atoms with E-state index in [4.69, 9.17) is 9.73 Å². The quantitative estimate of drug-likeness (QED) is 0.404. The van der Waals surface area contributed by atoms with Crippen molar-refractivity contribution < 1.29 is 9.53 Å². The first-order valence-electron chi connectivity index (χ1n) is 11.1. The lowest BCUT2D eigenvalue weighted by Gasteiger charge is -2.19. The first kappa shape index (κ1) is 21.2. The number of carbonyl (C=O) groups excluding carboxylic acids is 1. The molecule has 0 atom stereocenters. The smallest absolute Gasteiger partial charge is 0.262 e. The van der Waals surface area contributed by atoms with Crippen molar-refractivity contribution in [3.8, 4) is 17.0 Å². The maximum absolute atomic E-state index is 11.8. The summed E-state index contributed by atoms with van der Waals surface area (Å²) in [5, 5.41) is 5.06. The minimum atomic E-state index is -0.129. The number of thiazole rings is 1. The average Bonchev–Trinajstić information content (AvgIpc) is 3.23. The number of ether oxygens (including phenoxy) is 1. The summed E-state index contributed by atoms with van der Waals surface area (Å²) >= 11 is 1.64. The van der Waals surface area contributed by atoms with Crippen LogP contribution in [0.4, 0.5) is 11.4 Å². The SMILES string of the molecule is Cc1ccccc1N=c1scc(-c2ccc3c(c2)NC(=O)CO3)n1CCCc1ccccc1. The number of nitrogens with one attached hydrogen (secondary N) is 1. The molecule has 3 aromatic carbocycles. The Bertz CT molecular complexity index is 1360. The van der Waals surface area contributed by atoms with E-state index in [-0.39, 0.29) is 12.5 Å². The first-order chi connectivity index (χ1) is 16.2. The van der Waals surface area contributed by atoms with Gasteiger partial charge in [0.15, 0.2) is 11.4 Å². The van der Waals surface area contributed by atoms with Gasteiger partial charge in [0.1, 0.15) is 5.75 Å². The second kappa shape index (κ2) is 9.46. The molecule has 1 amide bonds. The molecule has 0 bridgehead atoms. The maximum Gasteiger partial charge on any atom is 0.262 e. The van der Waals surface area contributed by atoms with Crippen molar-refractivity contribution in [2.24, 2.45) is 4.99 Å². The summed E-state index contributed by atoms with van der Waals surface area (Å²) in [7, 11) is 0. The number of carbonyl (C=O) groups is 1. The van der Waals surface area contributed by atoms with Crippen LogP contribution in [0, 0.1) is 6.92 Å². The number of aryl methyl sites for hydroxylation is 2. The standard InChI is InChI=1S/C27H25N3O2S/c1-19-8-5-6-12-22(19)29-27-30(15-7-11-20-9-3-2-4-10-20)24(18-33-27)21-13-14-25-23(16-21)28-26(31)17-32-25/h2-6,8-10,12-14,16,18H,7,11,15,17H2,1H3,(H,28,31). The largest absolute Gasteiger partial charge is 0.482 e. The summed E-state index contributed by atoms with van der Waals surface area (Å²) in [6, 6.07) is 24.7. The zero-order valence-corrected chi connectivity index (χ0v) is 19.3. The Balaban J connectivity index is 1.52. The van der Waals surface area contributed by atoms with E-state index < -0.39 is 0 Å². The van der Waals surface area contributed by atoms with Crippen LogP contribution in [0.2, 0.25) is 0 Å². The molecule has 1 N–H and O–H groups in total. The molecule has 33 heavy (non-hydrogen) atoms. The second-order valence-corrected chi connectivity index (χ2v) is 8.93. The van der Waals surface area contributed by atoms with Gasteiger partial charge in [-0.2, -0.15) is 0 Å². The third-order valence-electron chi connectivity index (χ3n) is 5.73. The fourth-order valence-corrected chi connectivity index (χ4v) is 4.93. The van der Waals surface area contributed by atoms with Crippen molar-refractivity contribution in [3.63, 3.8) is 0 Å². The van der Waals surface area contributed by atoms with Gasteiger partial charge in [-0.15, -0.1) is 11.3 Å². The molecule has 0 aliphatic carbocycles. The monoisotopic (exact) mass is 455 g/mol. The van der Waals surface area contributed by atoms with Gasteiger partial charge in [-0.1, -0.05) is 48.5 Å².